The molecule has 2 aromatic carbocycles. The number of hydrogen-bond acceptors (Lipinski definition) is 5. The lowest BCUT2D eigenvalue weighted by atomic mass is 9.94. The van der Waals surface area contributed by atoms with Gasteiger partial charge in [-0.25, -0.2) is 4.79 Å². The van der Waals surface area contributed by atoms with E-state index in [9.17, 15) is 19.5 Å². The molecular formula is C32H43N3O5. The molecule has 4 rings (SSSR count). The molecule has 0 saturated heterocycles. The van der Waals surface area contributed by atoms with Crippen LogP contribution in [0.2, 0.25) is 0 Å². The number of phenols is 1. The predicted molar refractivity (Wildman–Crippen MR) is 154 cm³/mol. The van der Waals surface area contributed by atoms with Crippen molar-refractivity contribution in [3.05, 3.63) is 65.2 Å². The van der Waals surface area contributed by atoms with Crippen LogP contribution in [0, 0.1) is 6.92 Å². The Morgan fingerprint density at radius 2 is 1.68 bits per heavy atom. The highest BCUT2D eigenvalue weighted by molar-refractivity contribution is 5.93. The Bertz CT molecular complexity index is 1180. The smallest absolute Gasteiger partial charge is 0.408 e. The first-order valence-corrected chi connectivity index (χ1v) is 14.5. The Balaban J connectivity index is 1.67. The maximum Gasteiger partial charge on any atom is 0.408 e. The summed E-state index contributed by atoms with van der Waals surface area (Å²) in [6, 6.07) is 12.5. The van der Waals surface area contributed by atoms with Gasteiger partial charge >= 0.3 is 6.09 Å². The highest BCUT2D eigenvalue weighted by Gasteiger charge is 2.44. The van der Waals surface area contributed by atoms with Crippen molar-refractivity contribution in [2.24, 2.45) is 0 Å². The fourth-order valence-corrected chi connectivity index (χ4v) is 5.37. The fraction of sp³-hybridized carbons (Fsp3) is 0.531. The number of aryl methyl sites for hydroxylation is 1. The minimum absolute atomic E-state index is 0.0948. The SMILES string of the molecule is Cc1cccc(C(C(=O)NC2CCCCC2)N(C(=O)C(Cc2ccc(O)cc2)NC(=O)OC(C)(C)C)C2CC2)c1. The van der Waals surface area contributed by atoms with Gasteiger partial charge in [-0.05, 0) is 76.6 Å². The van der Waals surface area contributed by atoms with E-state index in [1.54, 1.807) is 49.9 Å². The molecule has 2 aliphatic rings. The number of ether oxygens (including phenoxy) is 1. The summed E-state index contributed by atoms with van der Waals surface area (Å²) < 4.78 is 5.50. The summed E-state index contributed by atoms with van der Waals surface area (Å²) in [7, 11) is 0. The summed E-state index contributed by atoms with van der Waals surface area (Å²) in [5, 5.41) is 15.8. The van der Waals surface area contributed by atoms with Crippen molar-refractivity contribution in [2.75, 3.05) is 0 Å². The molecule has 0 aliphatic heterocycles. The first-order valence-electron chi connectivity index (χ1n) is 14.5. The van der Waals surface area contributed by atoms with E-state index < -0.39 is 23.8 Å². The Kier molecular flexibility index (Phi) is 9.38. The average molecular weight is 550 g/mol. The second-order valence-corrected chi connectivity index (χ2v) is 12.2. The number of carbonyl (C=O) groups excluding carboxylic acids is 3. The number of carbonyl (C=O) groups is 3. The van der Waals surface area contributed by atoms with Crippen LogP contribution in [0.3, 0.4) is 0 Å². The fourth-order valence-electron chi connectivity index (χ4n) is 5.37. The molecule has 2 unspecified atom stereocenters. The highest BCUT2D eigenvalue weighted by Crippen LogP contribution is 2.36. The van der Waals surface area contributed by atoms with E-state index in [1.807, 2.05) is 31.2 Å². The molecule has 40 heavy (non-hydrogen) atoms. The van der Waals surface area contributed by atoms with Gasteiger partial charge in [0.1, 0.15) is 23.4 Å². The lowest BCUT2D eigenvalue weighted by molar-refractivity contribution is -0.143. The van der Waals surface area contributed by atoms with Crippen LogP contribution in [0.15, 0.2) is 48.5 Å². The van der Waals surface area contributed by atoms with Crippen molar-refractivity contribution >= 4 is 17.9 Å². The zero-order valence-corrected chi connectivity index (χ0v) is 24.1. The van der Waals surface area contributed by atoms with Crippen LogP contribution in [0.5, 0.6) is 5.75 Å². The van der Waals surface area contributed by atoms with Crippen LogP contribution >= 0.6 is 0 Å². The van der Waals surface area contributed by atoms with Crippen LogP contribution in [0.1, 0.15) is 88.4 Å². The Hall–Kier alpha value is -3.55. The average Bonchev–Trinajstić information content (AvgIpc) is 3.72. The number of nitrogens with zero attached hydrogens (tertiary/aromatic N) is 1. The molecule has 0 spiro atoms. The van der Waals surface area contributed by atoms with E-state index in [0.29, 0.717) is 0 Å². The molecule has 0 bridgehead atoms. The molecule has 2 atom stereocenters. The van der Waals surface area contributed by atoms with Gasteiger partial charge < -0.3 is 25.4 Å². The van der Waals surface area contributed by atoms with E-state index in [-0.39, 0.29) is 36.1 Å². The number of aromatic hydroxyl groups is 1. The molecule has 0 aromatic heterocycles. The summed E-state index contributed by atoms with van der Waals surface area (Å²) in [5.41, 5.74) is 1.79. The molecule has 3 amide bonds. The number of amides is 3. The molecule has 8 nitrogen and oxygen atoms in total. The maximum atomic E-state index is 14.4. The molecular weight excluding hydrogens is 506 g/mol. The number of nitrogens with one attached hydrogen (secondary N) is 2. The van der Waals surface area contributed by atoms with Gasteiger partial charge in [0.15, 0.2) is 0 Å². The van der Waals surface area contributed by atoms with Gasteiger partial charge in [0.2, 0.25) is 11.8 Å². The van der Waals surface area contributed by atoms with Crippen LogP contribution in [0.25, 0.3) is 0 Å². The molecule has 2 aliphatic carbocycles. The molecule has 2 fully saturated rings. The third kappa shape index (κ3) is 8.23. The predicted octanol–water partition coefficient (Wildman–Crippen LogP) is 5.32. The largest absolute Gasteiger partial charge is 0.508 e. The quantitative estimate of drug-likeness (QED) is 0.393. The molecule has 216 valence electrons. The summed E-state index contributed by atoms with van der Waals surface area (Å²) in [6.45, 7) is 7.27. The summed E-state index contributed by atoms with van der Waals surface area (Å²) in [5.74, 6) is -0.393. The van der Waals surface area contributed by atoms with Crippen LogP contribution in [-0.4, -0.2) is 51.6 Å². The first kappa shape index (κ1) is 29.4. The summed E-state index contributed by atoms with van der Waals surface area (Å²) in [4.78, 5) is 43.0. The van der Waals surface area contributed by atoms with Gasteiger partial charge in [-0.1, -0.05) is 61.2 Å². The van der Waals surface area contributed by atoms with Crippen LogP contribution < -0.4 is 10.6 Å². The molecule has 2 saturated carbocycles. The van der Waals surface area contributed by atoms with Crippen molar-refractivity contribution in [3.63, 3.8) is 0 Å². The number of rotatable bonds is 9. The second-order valence-electron chi connectivity index (χ2n) is 12.2. The minimum Gasteiger partial charge on any atom is -0.508 e. The van der Waals surface area contributed by atoms with Gasteiger partial charge in [-0.3, -0.25) is 9.59 Å². The topological polar surface area (TPSA) is 108 Å². The number of hydrogen-bond donors (Lipinski definition) is 3. The van der Waals surface area contributed by atoms with Gasteiger partial charge in [-0.15, -0.1) is 0 Å². The zero-order valence-electron chi connectivity index (χ0n) is 24.1. The van der Waals surface area contributed by atoms with E-state index in [2.05, 4.69) is 10.6 Å². The van der Waals surface area contributed by atoms with Crippen molar-refractivity contribution < 1.29 is 24.2 Å². The van der Waals surface area contributed by atoms with Gasteiger partial charge in [0, 0.05) is 18.5 Å². The molecule has 8 heteroatoms. The number of phenolic OH excluding ortho intramolecular Hbond substituents is 1. The Morgan fingerprint density at radius 3 is 2.27 bits per heavy atom. The Labute approximate surface area is 237 Å². The van der Waals surface area contributed by atoms with Crippen LogP contribution in [0.4, 0.5) is 4.79 Å². The standard InChI is InChI=1S/C32H43N3O5/c1-21-9-8-10-23(19-21)28(29(37)33-24-11-6-5-7-12-24)35(25-15-16-25)30(38)27(34-31(39)40-32(2,3)4)20-22-13-17-26(36)18-14-22/h8-10,13-14,17-19,24-25,27-28,36H,5-7,11-12,15-16,20H2,1-4H3,(H,33,37)(H,34,39). The number of benzene rings is 2. The van der Waals surface area contributed by atoms with E-state index in [4.69, 9.17) is 4.74 Å². The van der Waals surface area contributed by atoms with Crippen LogP contribution in [-0.2, 0) is 20.7 Å². The third-order valence-corrected chi connectivity index (χ3v) is 7.40. The normalized spacial score (nSPS) is 17.4. The zero-order chi connectivity index (χ0) is 28.9. The van der Waals surface area contributed by atoms with E-state index >= 15 is 0 Å². The van der Waals surface area contributed by atoms with Gasteiger partial charge in [0.25, 0.3) is 0 Å². The van der Waals surface area contributed by atoms with Crippen molar-refractivity contribution in [3.8, 4) is 5.75 Å². The summed E-state index contributed by atoms with van der Waals surface area (Å²) >= 11 is 0. The van der Waals surface area contributed by atoms with Gasteiger partial charge in [-0.2, -0.15) is 0 Å². The second kappa shape index (κ2) is 12.7. The molecule has 3 N–H and O–H groups in total. The lowest BCUT2D eigenvalue weighted by Gasteiger charge is -2.36. The van der Waals surface area contributed by atoms with Crippen molar-refractivity contribution in [2.45, 2.75) is 109 Å². The minimum atomic E-state index is -0.963. The van der Waals surface area contributed by atoms with Crippen molar-refractivity contribution in [1.82, 2.24) is 15.5 Å². The monoisotopic (exact) mass is 549 g/mol. The highest BCUT2D eigenvalue weighted by atomic mass is 16.6. The molecule has 2 aromatic rings. The number of alkyl carbamates (subject to hydrolysis) is 1. The van der Waals surface area contributed by atoms with E-state index in [0.717, 1.165) is 55.2 Å². The first-order chi connectivity index (χ1) is 19.0. The summed E-state index contributed by atoms with van der Waals surface area (Å²) in [6.07, 6.45) is 6.30. The lowest BCUT2D eigenvalue weighted by Crippen LogP contribution is -2.55. The molecule has 0 heterocycles. The van der Waals surface area contributed by atoms with E-state index in [1.165, 1.54) is 6.42 Å². The Morgan fingerprint density at radius 1 is 1.00 bits per heavy atom. The maximum absolute atomic E-state index is 14.4. The van der Waals surface area contributed by atoms with Gasteiger partial charge in [0.05, 0.1) is 0 Å². The van der Waals surface area contributed by atoms with Crippen molar-refractivity contribution in [1.29, 1.82) is 0 Å². The third-order valence-electron chi connectivity index (χ3n) is 7.40. The molecule has 0 radical (unpaired) electrons.